The van der Waals surface area contributed by atoms with Crippen LogP contribution in [0.3, 0.4) is 0 Å². The van der Waals surface area contributed by atoms with E-state index in [1.54, 1.807) is 11.8 Å². The highest BCUT2D eigenvalue weighted by Crippen LogP contribution is 2.23. The zero-order chi connectivity index (χ0) is 22.4. The number of halogens is 1. The molecule has 0 aliphatic carbocycles. The van der Waals surface area contributed by atoms with Gasteiger partial charge in [-0.25, -0.2) is 0 Å². The number of benzene rings is 2. The second-order valence-corrected chi connectivity index (χ2v) is 8.90. The molecule has 6 heteroatoms. The summed E-state index contributed by atoms with van der Waals surface area (Å²) in [5.41, 5.74) is 4.14. The number of nitrogens with zero attached hydrogens (tertiary/aromatic N) is 1. The number of hydrogen-bond acceptors (Lipinski definition) is 3. The van der Waals surface area contributed by atoms with Crippen molar-refractivity contribution in [1.29, 1.82) is 0 Å². The summed E-state index contributed by atoms with van der Waals surface area (Å²) in [6.45, 7) is 11.7. The van der Waals surface area contributed by atoms with Crippen LogP contribution in [0.1, 0.15) is 43.0 Å². The summed E-state index contributed by atoms with van der Waals surface area (Å²) in [6.07, 6.45) is 0. The minimum absolute atomic E-state index is 0.00283. The number of nitrogens with one attached hydrogen (secondary N) is 1. The number of amides is 2. The number of rotatable bonds is 8. The largest absolute Gasteiger partial charge is 0.483 e. The van der Waals surface area contributed by atoms with E-state index in [9.17, 15) is 9.59 Å². The fraction of sp³-hybridized carbons (Fsp3) is 0.417. The van der Waals surface area contributed by atoms with Crippen LogP contribution in [0.5, 0.6) is 5.75 Å². The summed E-state index contributed by atoms with van der Waals surface area (Å²) in [7, 11) is 0. The molecule has 0 fully saturated rings. The quantitative estimate of drug-likeness (QED) is 0.603. The van der Waals surface area contributed by atoms with Crippen molar-refractivity contribution in [2.75, 3.05) is 6.61 Å². The topological polar surface area (TPSA) is 58.6 Å². The van der Waals surface area contributed by atoms with Crippen LogP contribution in [0.2, 0.25) is 0 Å². The molecule has 0 unspecified atom stereocenters. The first-order chi connectivity index (χ1) is 14.1. The Balaban J connectivity index is 2.22. The van der Waals surface area contributed by atoms with Crippen LogP contribution in [0, 0.1) is 20.8 Å². The maximum atomic E-state index is 13.1. The van der Waals surface area contributed by atoms with E-state index in [2.05, 4.69) is 27.3 Å². The van der Waals surface area contributed by atoms with Gasteiger partial charge in [-0.05, 0) is 82.0 Å². The molecule has 0 heterocycles. The third-order valence-corrected chi connectivity index (χ3v) is 5.45. The van der Waals surface area contributed by atoms with E-state index in [1.165, 1.54) is 0 Å². The molecule has 0 bridgehead atoms. The van der Waals surface area contributed by atoms with Crippen molar-refractivity contribution in [3.63, 3.8) is 0 Å². The molecule has 2 rings (SSSR count). The number of carbonyl (C=O) groups excluding carboxylic acids is 2. The molecule has 2 aromatic carbocycles. The second-order valence-electron chi connectivity index (χ2n) is 7.98. The van der Waals surface area contributed by atoms with E-state index < -0.39 is 6.04 Å². The minimum atomic E-state index is -0.622. The van der Waals surface area contributed by atoms with Gasteiger partial charge in [-0.15, -0.1) is 0 Å². The zero-order valence-corrected chi connectivity index (χ0v) is 20.2. The van der Waals surface area contributed by atoms with Gasteiger partial charge in [-0.3, -0.25) is 9.59 Å². The molecule has 2 aromatic rings. The van der Waals surface area contributed by atoms with Crippen molar-refractivity contribution in [2.24, 2.45) is 0 Å². The van der Waals surface area contributed by atoms with Gasteiger partial charge in [0, 0.05) is 17.1 Å². The molecule has 1 atom stereocenters. The molecule has 0 aromatic heterocycles. The van der Waals surface area contributed by atoms with Gasteiger partial charge in [-0.2, -0.15) is 0 Å². The van der Waals surface area contributed by atoms with Gasteiger partial charge in [0.1, 0.15) is 11.8 Å². The van der Waals surface area contributed by atoms with E-state index >= 15 is 0 Å². The summed E-state index contributed by atoms with van der Waals surface area (Å²) in [4.78, 5) is 27.3. The van der Waals surface area contributed by atoms with Crippen molar-refractivity contribution in [3.05, 3.63) is 63.1 Å². The van der Waals surface area contributed by atoms with Crippen molar-refractivity contribution in [2.45, 2.75) is 60.2 Å². The molecule has 0 aliphatic heterocycles. The highest BCUT2D eigenvalue weighted by Gasteiger charge is 2.27. The van der Waals surface area contributed by atoms with E-state index in [0.29, 0.717) is 12.3 Å². The average Bonchev–Trinajstić information content (AvgIpc) is 2.66. The van der Waals surface area contributed by atoms with Crippen LogP contribution in [-0.2, 0) is 16.1 Å². The van der Waals surface area contributed by atoms with Gasteiger partial charge < -0.3 is 15.0 Å². The first-order valence-corrected chi connectivity index (χ1v) is 10.9. The summed E-state index contributed by atoms with van der Waals surface area (Å²) < 4.78 is 6.81. The Morgan fingerprint density at radius 3 is 2.43 bits per heavy atom. The summed E-state index contributed by atoms with van der Waals surface area (Å²) in [5, 5.41) is 2.89. The Labute approximate surface area is 187 Å². The molecule has 162 valence electrons. The van der Waals surface area contributed by atoms with Crippen LogP contribution >= 0.6 is 15.9 Å². The Kier molecular flexibility index (Phi) is 8.47. The monoisotopic (exact) mass is 474 g/mol. The fourth-order valence-electron chi connectivity index (χ4n) is 3.19. The standard InChI is InChI=1S/C24H31BrN2O3/c1-15(2)26-24(29)19(6)27(13-20-8-7-9-21(25)12-20)23(28)14-30-22-11-16(3)10-17(4)18(22)5/h7-12,15,19H,13-14H2,1-6H3,(H,26,29)/t19-/m0/s1. The van der Waals surface area contributed by atoms with Gasteiger partial charge in [0.15, 0.2) is 6.61 Å². The number of hydrogen-bond donors (Lipinski definition) is 1. The lowest BCUT2D eigenvalue weighted by Crippen LogP contribution is -2.50. The Morgan fingerprint density at radius 1 is 1.10 bits per heavy atom. The van der Waals surface area contributed by atoms with Gasteiger partial charge in [-0.1, -0.05) is 34.1 Å². The van der Waals surface area contributed by atoms with Crippen molar-refractivity contribution >= 4 is 27.7 Å². The first-order valence-electron chi connectivity index (χ1n) is 10.1. The molecular formula is C24H31BrN2O3. The van der Waals surface area contributed by atoms with Crippen molar-refractivity contribution < 1.29 is 14.3 Å². The molecule has 1 N–H and O–H groups in total. The lowest BCUT2D eigenvalue weighted by Gasteiger charge is -2.29. The highest BCUT2D eigenvalue weighted by molar-refractivity contribution is 9.10. The molecule has 5 nitrogen and oxygen atoms in total. The summed E-state index contributed by atoms with van der Waals surface area (Å²) >= 11 is 3.46. The van der Waals surface area contributed by atoms with E-state index in [0.717, 1.165) is 26.7 Å². The lowest BCUT2D eigenvalue weighted by molar-refractivity contribution is -0.142. The van der Waals surface area contributed by atoms with Crippen molar-refractivity contribution in [1.82, 2.24) is 10.2 Å². The third-order valence-electron chi connectivity index (χ3n) is 4.96. The normalized spacial score (nSPS) is 11.9. The lowest BCUT2D eigenvalue weighted by atomic mass is 10.1. The molecule has 2 amide bonds. The number of aryl methyl sites for hydroxylation is 2. The van der Waals surface area contributed by atoms with Crippen LogP contribution in [0.15, 0.2) is 40.9 Å². The zero-order valence-electron chi connectivity index (χ0n) is 18.6. The average molecular weight is 475 g/mol. The van der Waals surface area contributed by atoms with Crippen LogP contribution < -0.4 is 10.1 Å². The van der Waals surface area contributed by atoms with Gasteiger partial charge in [0.25, 0.3) is 5.91 Å². The van der Waals surface area contributed by atoms with Crippen LogP contribution in [0.25, 0.3) is 0 Å². The Morgan fingerprint density at radius 2 is 1.80 bits per heavy atom. The predicted molar refractivity (Wildman–Crippen MR) is 124 cm³/mol. The minimum Gasteiger partial charge on any atom is -0.483 e. The highest BCUT2D eigenvalue weighted by atomic mass is 79.9. The summed E-state index contributed by atoms with van der Waals surface area (Å²) in [5.74, 6) is 0.276. The molecule has 0 radical (unpaired) electrons. The molecule has 0 spiro atoms. The maximum absolute atomic E-state index is 13.1. The smallest absolute Gasteiger partial charge is 0.261 e. The van der Waals surface area contributed by atoms with Crippen LogP contribution in [-0.4, -0.2) is 35.4 Å². The van der Waals surface area contributed by atoms with E-state index in [-0.39, 0.29) is 24.5 Å². The summed E-state index contributed by atoms with van der Waals surface area (Å²) in [6, 6.07) is 11.1. The maximum Gasteiger partial charge on any atom is 0.261 e. The van der Waals surface area contributed by atoms with Gasteiger partial charge in [0.05, 0.1) is 0 Å². The van der Waals surface area contributed by atoms with Crippen molar-refractivity contribution in [3.8, 4) is 5.75 Å². The molecule has 0 saturated carbocycles. The molecular weight excluding hydrogens is 444 g/mol. The van der Waals surface area contributed by atoms with E-state index in [4.69, 9.17) is 4.74 Å². The first kappa shape index (κ1) is 23.9. The van der Waals surface area contributed by atoms with Crippen LogP contribution in [0.4, 0.5) is 0 Å². The molecule has 0 aliphatic rings. The van der Waals surface area contributed by atoms with Gasteiger partial charge >= 0.3 is 0 Å². The molecule has 30 heavy (non-hydrogen) atoms. The second kappa shape index (κ2) is 10.6. The predicted octanol–water partition coefficient (Wildman–Crippen LogP) is 4.70. The molecule has 0 saturated heterocycles. The third kappa shape index (κ3) is 6.59. The van der Waals surface area contributed by atoms with Gasteiger partial charge in [0.2, 0.25) is 5.91 Å². The Hall–Kier alpha value is -2.34. The Bertz CT molecular complexity index is 911. The fourth-order valence-corrected chi connectivity index (χ4v) is 3.64. The number of ether oxygens (including phenoxy) is 1. The number of carbonyl (C=O) groups is 2. The SMILES string of the molecule is Cc1cc(C)c(C)c(OCC(=O)N(Cc2cccc(Br)c2)[C@@H](C)C(=O)NC(C)C)c1. The van der Waals surface area contributed by atoms with E-state index in [1.807, 2.05) is 65.0 Å².